The van der Waals surface area contributed by atoms with Crippen molar-refractivity contribution in [3.8, 4) is 11.4 Å². The number of aliphatic hydroxyl groups excluding tert-OH is 2. The number of aliphatic carboxylic acids is 1. The van der Waals surface area contributed by atoms with E-state index in [1.54, 1.807) is 28.8 Å². The molecule has 0 bridgehead atoms. The first-order chi connectivity index (χ1) is 18.0. The summed E-state index contributed by atoms with van der Waals surface area (Å²) in [6.07, 6.45) is -2.17. The zero-order valence-electron chi connectivity index (χ0n) is 21.4. The van der Waals surface area contributed by atoms with Crippen LogP contribution >= 0.6 is 0 Å². The molecule has 1 aromatic heterocycles. The molecule has 1 heterocycles. The van der Waals surface area contributed by atoms with Crippen LogP contribution < -0.4 is 5.32 Å². The van der Waals surface area contributed by atoms with Gasteiger partial charge in [-0.2, -0.15) is 0 Å². The SMILES string of the molecule is CC(C)c1c(C(=O)NCCc2cccc(F)c2)nc(-c2ccc(F)cc2)n1CC[C@@H](O)C[C@@H](O)CC(=O)O. The summed E-state index contributed by atoms with van der Waals surface area (Å²) in [5.41, 5.74) is 2.13. The predicted octanol–water partition coefficient (Wildman–Crippen LogP) is 3.90. The van der Waals surface area contributed by atoms with E-state index >= 15 is 0 Å². The number of benzene rings is 2. The second-order valence-electron chi connectivity index (χ2n) is 9.55. The van der Waals surface area contributed by atoms with Crippen LogP contribution in [0.2, 0.25) is 0 Å². The normalized spacial score (nSPS) is 12.9. The van der Waals surface area contributed by atoms with Crippen LogP contribution in [0, 0.1) is 11.6 Å². The number of imidazole rings is 1. The lowest BCUT2D eigenvalue weighted by Gasteiger charge is -2.19. The molecule has 0 saturated heterocycles. The maximum Gasteiger partial charge on any atom is 0.305 e. The van der Waals surface area contributed by atoms with Gasteiger partial charge in [0.1, 0.15) is 23.2 Å². The summed E-state index contributed by atoms with van der Waals surface area (Å²) in [7, 11) is 0. The second-order valence-corrected chi connectivity index (χ2v) is 9.55. The Morgan fingerprint density at radius 1 is 1.03 bits per heavy atom. The molecule has 0 radical (unpaired) electrons. The Balaban J connectivity index is 1.85. The van der Waals surface area contributed by atoms with Gasteiger partial charge in [-0.3, -0.25) is 9.59 Å². The smallest absolute Gasteiger partial charge is 0.305 e. The number of halogens is 2. The fraction of sp³-hybridized carbons (Fsp3) is 0.393. The van der Waals surface area contributed by atoms with Crippen molar-refractivity contribution >= 4 is 11.9 Å². The summed E-state index contributed by atoms with van der Waals surface area (Å²) >= 11 is 0. The van der Waals surface area contributed by atoms with Crippen molar-refractivity contribution < 1.29 is 33.7 Å². The summed E-state index contributed by atoms with van der Waals surface area (Å²) in [4.78, 5) is 28.6. The summed E-state index contributed by atoms with van der Waals surface area (Å²) < 4.78 is 28.9. The van der Waals surface area contributed by atoms with Crippen molar-refractivity contribution in [3.63, 3.8) is 0 Å². The lowest BCUT2D eigenvalue weighted by atomic mass is 10.0. The molecule has 0 aliphatic heterocycles. The molecular weight excluding hydrogens is 496 g/mol. The molecule has 0 saturated carbocycles. The third-order valence-corrected chi connectivity index (χ3v) is 6.10. The van der Waals surface area contributed by atoms with E-state index < -0.39 is 36.3 Å². The molecule has 3 aromatic rings. The molecule has 38 heavy (non-hydrogen) atoms. The minimum atomic E-state index is -1.19. The highest BCUT2D eigenvalue weighted by Crippen LogP contribution is 2.29. The van der Waals surface area contributed by atoms with E-state index in [4.69, 9.17) is 5.11 Å². The van der Waals surface area contributed by atoms with Crippen molar-refractivity contribution in [1.29, 1.82) is 0 Å². The number of aromatic nitrogens is 2. The number of nitrogens with one attached hydrogen (secondary N) is 1. The fourth-order valence-electron chi connectivity index (χ4n) is 4.35. The van der Waals surface area contributed by atoms with Gasteiger partial charge in [0.15, 0.2) is 0 Å². The Hall–Kier alpha value is -3.63. The fourth-order valence-corrected chi connectivity index (χ4v) is 4.35. The number of hydrogen-bond donors (Lipinski definition) is 4. The molecule has 0 spiro atoms. The molecule has 0 aliphatic carbocycles. The number of nitrogens with zero attached hydrogens (tertiary/aromatic N) is 2. The highest BCUT2D eigenvalue weighted by atomic mass is 19.1. The number of rotatable bonds is 13. The average Bonchev–Trinajstić information content (AvgIpc) is 3.22. The van der Waals surface area contributed by atoms with Crippen LogP contribution in [0.25, 0.3) is 11.4 Å². The molecule has 0 unspecified atom stereocenters. The van der Waals surface area contributed by atoms with Gasteiger partial charge >= 0.3 is 5.97 Å². The van der Waals surface area contributed by atoms with Crippen LogP contribution in [0.1, 0.15) is 60.8 Å². The minimum Gasteiger partial charge on any atom is -0.481 e. The number of carbonyl (C=O) groups is 2. The number of carbonyl (C=O) groups excluding carboxylic acids is 1. The number of carboxylic acid groups (broad SMARTS) is 1. The van der Waals surface area contributed by atoms with E-state index in [-0.39, 0.29) is 43.4 Å². The van der Waals surface area contributed by atoms with Crippen molar-refractivity contribution in [3.05, 3.63) is 77.1 Å². The maximum absolute atomic E-state index is 13.6. The quantitative estimate of drug-likeness (QED) is 0.266. The Bertz CT molecular complexity index is 1240. The Morgan fingerprint density at radius 2 is 1.74 bits per heavy atom. The average molecular weight is 530 g/mol. The van der Waals surface area contributed by atoms with Crippen LogP contribution in [0.3, 0.4) is 0 Å². The molecule has 4 N–H and O–H groups in total. The number of hydrogen-bond acceptors (Lipinski definition) is 5. The topological polar surface area (TPSA) is 125 Å². The lowest BCUT2D eigenvalue weighted by Crippen LogP contribution is -2.27. The molecule has 2 aromatic carbocycles. The van der Waals surface area contributed by atoms with Gasteiger partial charge < -0.3 is 25.2 Å². The highest BCUT2D eigenvalue weighted by molar-refractivity contribution is 5.94. The summed E-state index contributed by atoms with van der Waals surface area (Å²) in [6.45, 7) is 4.29. The highest BCUT2D eigenvalue weighted by Gasteiger charge is 2.26. The second kappa shape index (κ2) is 13.3. The van der Waals surface area contributed by atoms with Crippen molar-refractivity contribution in [1.82, 2.24) is 14.9 Å². The summed E-state index contributed by atoms with van der Waals surface area (Å²) in [5, 5.41) is 32.0. The van der Waals surface area contributed by atoms with Gasteiger partial charge in [0.25, 0.3) is 5.91 Å². The van der Waals surface area contributed by atoms with Crippen LogP contribution in [0.15, 0.2) is 48.5 Å². The van der Waals surface area contributed by atoms with Crippen LogP contribution in [-0.4, -0.2) is 55.5 Å². The first-order valence-corrected chi connectivity index (χ1v) is 12.5. The largest absolute Gasteiger partial charge is 0.481 e. The van der Waals surface area contributed by atoms with Gasteiger partial charge in [0.2, 0.25) is 0 Å². The first kappa shape index (κ1) is 28.9. The molecule has 3 rings (SSSR count). The van der Waals surface area contributed by atoms with E-state index in [0.717, 1.165) is 5.56 Å². The predicted molar refractivity (Wildman–Crippen MR) is 138 cm³/mol. The van der Waals surface area contributed by atoms with Crippen molar-refractivity contribution in [2.75, 3.05) is 6.54 Å². The molecule has 2 atom stereocenters. The van der Waals surface area contributed by atoms with E-state index in [0.29, 0.717) is 23.5 Å². The molecule has 8 nitrogen and oxygen atoms in total. The minimum absolute atomic E-state index is 0.114. The lowest BCUT2D eigenvalue weighted by molar-refractivity contribution is -0.139. The zero-order valence-corrected chi connectivity index (χ0v) is 21.4. The molecule has 10 heteroatoms. The maximum atomic E-state index is 13.6. The van der Waals surface area contributed by atoms with Gasteiger partial charge in [-0.1, -0.05) is 26.0 Å². The Kier molecular flexibility index (Phi) is 10.1. The monoisotopic (exact) mass is 529 g/mol. The van der Waals surface area contributed by atoms with Gasteiger partial charge in [-0.05, 0) is 67.1 Å². The van der Waals surface area contributed by atoms with Crippen LogP contribution in [0.4, 0.5) is 8.78 Å². The van der Waals surface area contributed by atoms with Gasteiger partial charge in [-0.25, -0.2) is 13.8 Å². The van der Waals surface area contributed by atoms with Gasteiger partial charge in [0, 0.05) is 18.7 Å². The van der Waals surface area contributed by atoms with Gasteiger partial charge in [0.05, 0.1) is 24.3 Å². The molecule has 1 amide bonds. The van der Waals surface area contributed by atoms with Crippen molar-refractivity contribution in [2.45, 2.75) is 64.2 Å². The van der Waals surface area contributed by atoms with Crippen LogP contribution in [-0.2, 0) is 17.8 Å². The molecule has 0 fully saturated rings. The number of carboxylic acids is 1. The zero-order chi connectivity index (χ0) is 27.8. The van der Waals surface area contributed by atoms with E-state index in [2.05, 4.69) is 10.3 Å². The molecule has 0 aliphatic rings. The van der Waals surface area contributed by atoms with E-state index in [1.807, 2.05) is 13.8 Å². The third kappa shape index (κ3) is 7.93. The standard InChI is InChI=1S/C28H33F2N3O5/c1-17(2)26-25(28(38)31-12-10-18-4-3-5-21(30)14-18)32-27(19-6-8-20(29)9-7-19)33(26)13-11-22(34)15-23(35)16-24(36)37/h3-9,14,17,22-23,34-35H,10-13,15-16H2,1-2H3,(H,31,38)(H,36,37)/t22-,23-/m1/s1. The Morgan fingerprint density at radius 3 is 2.37 bits per heavy atom. The Labute approximate surface area is 220 Å². The van der Waals surface area contributed by atoms with E-state index in [1.165, 1.54) is 24.3 Å². The van der Waals surface area contributed by atoms with E-state index in [9.17, 15) is 28.6 Å². The summed E-state index contributed by atoms with van der Waals surface area (Å²) in [6, 6.07) is 11.8. The first-order valence-electron chi connectivity index (χ1n) is 12.5. The van der Waals surface area contributed by atoms with Gasteiger partial charge in [-0.15, -0.1) is 0 Å². The van der Waals surface area contributed by atoms with Crippen LogP contribution in [0.5, 0.6) is 0 Å². The molecular formula is C28H33F2N3O5. The van der Waals surface area contributed by atoms with Crippen molar-refractivity contribution in [2.24, 2.45) is 0 Å². The number of amides is 1. The molecule has 204 valence electrons. The number of aliphatic hydroxyl groups is 2. The summed E-state index contributed by atoms with van der Waals surface area (Å²) in [5.74, 6) is -2.07. The third-order valence-electron chi connectivity index (χ3n) is 6.10.